The Morgan fingerprint density at radius 2 is 2.03 bits per heavy atom. The molecule has 1 fully saturated rings. The Morgan fingerprint density at radius 1 is 1.24 bits per heavy atom. The molecule has 2 atom stereocenters. The number of nitrogens with zero attached hydrogens (tertiary/aromatic N) is 2. The molecule has 1 saturated heterocycles. The lowest BCUT2D eigenvalue weighted by atomic mass is 10.0. The minimum Gasteiger partial charge on any atom is -0.489 e. The van der Waals surface area contributed by atoms with Crippen LogP contribution in [0.1, 0.15) is 36.4 Å². The number of nitriles is 1. The lowest BCUT2D eigenvalue weighted by Crippen LogP contribution is -2.31. The van der Waals surface area contributed by atoms with E-state index in [2.05, 4.69) is 6.58 Å². The van der Waals surface area contributed by atoms with Gasteiger partial charge in [-0.05, 0) is 47.9 Å². The molecule has 6 heteroatoms. The molecule has 2 aromatic carbocycles. The number of alkyl halides is 1. The molecule has 0 aliphatic carbocycles. The first-order chi connectivity index (χ1) is 14.0. The second kappa shape index (κ2) is 9.33. The first-order valence-electron chi connectivity index (χ1n) is 9.45. The first-order valence-corrected chi connectivity index (χ1v) is 9.45. The van der Waals surface area contributed by atoms with Crippen molar-refractivity contribution in [1.29, 1.82) is 5.26 Å². The van der Waals surface area contributed by atoms with Crippen molar-refractivity contribution in [2.75, 3.05) is 13.2 Å². The van der Waals surface area contributed by atoms with Crippen LogP contribution in [0.4, 0.5) is 8.78 Å². The minimum absolute atomic E-state index is 0.0178. The molecule has 2 aromatic rings. The largest absolute Gasteiger partial charge is 0.489 e. The van der Waals surface area contributed by atoms with Gasteiger partial charge in [0.05, 0.1) is 24.2 Å². The van der Waals surface area contributed by atoms with Crippen molar-refractivity contribution < 1.29 is 18.3 Å². The Labute approximate surface area is 169 Å². The molecule has 0 N–H and O–H groups in total. The predicted molar refractivity (Wildman–Crippen MR) is 105 cm³/mol. The van der Waals surface area contributed by atoms with E-state index in [1.165, 1.54) is 17.0 Å². The van der Waals surface area contributed by atoms with Crippen molar-refractivity contribution in [2.24, 2.45) is 0 Å². The molecule has 0 saturated carbocycles. The maximum absolute atomic E-state index is 14.0. The summed E-state index contributed by atoms with van der Waals surface area (Å²) in [5.41, 5.74) is 1.83. The summed E-state index contributed by atoms with van der Waals surface area (Å²) in [6.07, 6.45) is -0.362. The molecule has 0 radical (unpaired) electrons. The molecule has 2 unspecified atom stereocenters. The summed E-state index contributed by atoms with van der Waals surface area (Å²) >= 11 is 0. The molecule has 0 bridgehead atoms. The number of hydrogen-bond donors (Lipinski definition) is 0. The van der Waals surface area contributed by atoms with E-state index in [9.17, 15) is 13.6 Å². The van der Waals surface area contributed by atoms with Crippen LogP contribution < -0.4 is 4.74 Å². The van der Waals surface area contributed by atoms with E-state index in [1.54, 1.807) is 36.4 Å². The average Bonchev–Trinajstić information content (AvgIpc) is 3.12. The molecule has 0 spiro atoms. The zero-order chi connectivity index (χ0) is 20.8. The second-order valence-corrected chi connectivity index (χ2v) is 7.13. The smallest absolute Gasteiger partial charge is 0.223 e. The van der Waals surface area contributed by atoms with Gasteiger partial charge in [0, 0.05) is 12.8 Å². The fourth-order valence-electron chi connectivity index (χ4n) is 3.43. The van der Waals surface area contributed by atoms with Gasteiger partial charge in [-0.1, -0.05) is 24.8 Å². The quantitative estimate of drug-likeness (QED) is 0.636. The standard InChI is InChI=1S/C23H22F2N2O2/c1-16(15-29-21-7-2-4-17(10-21)13-26)8-9-23(28)27-14-20(25)12-22(27)18-5-3-6-19(24)11-18/h2-7,10-11,20,22H,1,8-9,12,14-15H2. The number of carbonyl (C=O) groups excluding carboxylic acids is 1. The molecule has 1 heterocycles. The Morgan fingerprint density at radius 3 is 2.79 bits per heavy atom. The van der Waals surface area contributed by atoms with Crippen molar-refractivity contribution in [3.8, 4) is 11.8 Å². The van der Waals surface area contributed by atoms with Crippen LogP contribution in [0.2, 0.25) is 0 Å². The third-order valence-corrected chi connectivity index (χ3v) is 4.90. The van der Waals surface area contributed by atoms with Crippen LogP contribution in [0, 0.1) is 17.1 Å². The Balaban J connectivity index is 1.53. The topological polar surface area (TPSA) is 53.3 Å². The van der Waals surface area contributed by atoms with Crippen LogP contribution in [-0.4, -0.2) is 30.1 Å². The molecular formula is C23H22F2N2O2. The SMILES string of the molecule is C=C(CCC(=O)N1CC(F)CC1c1cccc(F)c1)COc1cccc(C#N)c1. The van der Waals surface area contributed by atoms with E-state index in [4.69, 9.17) is 10.00 Å². The van der Waals surface area contributed by atoms with Crippen molar-refractivity contribution in [3.63, 3.8) is 0 Å². The van der Waals surface area contributed by atoms with E-state index >= 15 is 0 Å². The summed E-state index contributed by atoms with van der Waals surface area (Å²) in [6.45, 7) is 4.17. The van der Waals surface area contributed by atoms with Gasteiger partial charge in [0.25, 0.3) is 0 Å². The summed E-state index contributed by atoms with van der Waals surface area (Å²) in [7, 11) is 0. The van der Waals surface area contributed by atoms with Crippen molar-refractivity contribution in [3.05, 3.63) is 77.6 Å². The van der Waals surface area contributed by atoms with Crippen LogP contribution in [0.15, 0.2) is 60.7 Å². The number of benzene rings is 2. The van der Waals surface area contributed by atoms with E-state index in [0.29, 0.717) is 23.3 Å². The molecule has 150 valence electrons. The lowest BCUT2D eigenvalue weighted by Gasteiger charge is -2.25. The van der Waals surface area contributed by atoms with E-state index in [1.807, 2.05) is 6.07 Å². The monoisotopic (exact) mass is 396 g/mol. The minimum atomic E-state index is -1.12. The van der Waals surface area contributed by atoms with Gasteiger partial charge < -0.3 is 9.64 Å². The summed E-state index contributed by atoms with van der Waals surface area (Å²) in [4.78, 5) is 14.2. The molecular weight excluding hydrogens is 374 g/mol. The van der Waals surface area contributed by atoms with Crippen molar-refractivity contribution in [1.82, 2.24) is 4.90 Å². The maximum atomic E-state index is 14.0. The van der Waals surface area contributed by atoms with Crippen LogP contribution in [0.25, 0.3) is 0 Å². The number of rotatable bonds is 7. The highest BCUT2D eigenvalue weighted by atomic mass is 19.1. The number of amides is 1. The summed E-state index contributed by atoms with van der Waals surface area (Å²) < 4.78 is 33.1. The van der Waals surface area contributed by atoms with Crippen LogP contribution in [0.3, 0.4) is 0 Å². The lowest BCUT2D eigenvalue weighted by molar-refractivity contribution is -0.132. The normalized spacial score (nSPS) is 18.3. The van der Waals surface area contributed by atoms with Crippen molar-refractivity contribution in [2.45, 2.75) is 31.5 Å². The van der Waals surface area contributed by atoms with Gasteiger partial charge in [-0.2, -0.15) is 5.26 Å². The van der Waals surface area contributed by atoms with E-state index < -0.39 is 18.0 Å². The van der Waals surface area contributed by atoms with Crippen LogP contribution >= 0.6 is 0 Å². The Bertz CT molecular complexity index is 938. The second-order valence-electron chi connectivity index (χ2n) is 7.13. The Hall–Kier alpha value is -3.20. The molecule has 4 nitrogen and oxygen atoms in total. The van der Waals surface area contributed by atoms with Crippen LogP contribution in [0.5, 0.6) is 5.75 Å². The third kappa shape index (κ3) is 5.41. The fraction of sp³-hybridized carbons (Fsp3) is 0.304. The molecule has 29 heavy (non-hydrogen) atoms. The molecule has 0 aromatic heterocycles. The maximum Gasteiger partial charge on any atom is 0.223 e. The van der Waals surface area contributed by atoms with Gasteiger partial charge in [0.1, 0.15) is 24.3 Å². The first kappa shape index (κ1) is 20.5. The van der Waals surface area contributed by atoms with E-state index in [-0.39, 0.29) is 31.9 Å². The van der Waals surface area contributed by atoms with Gasteiger partial charge in [0.2, 0.25) is 5.91 Å². The molecule has 3 rings (SSSR count). The number of ether oxygens (including phenoxy) is 1. The highest BCUT2D eigenvalue weighted by Gasteiger charge is 2.36. The highest BCUT2D eigenvalue weighted by Crippen LogP contribution is 2.34. The predicted octanol–water partition coefficient (Wildman–Crippen LogP) is 4.72. The van der Waals surface area contributed by atoms with E-state index in [0.717, 1.165) is 5.57 Å². The number of halogens is 2. The average molecular weight is 396 g/mol. The Kier molecular flexibility index (Phi) is 6.61. The van der Waals surface area contributed by atoms with Gasteiger partial charge in [-0.3, -0.25) is 4.79 Å². The molecule has 1 aliphatic rings. The van der Waals surface area contributed by atoms with Gasteiger partial charge in [-0.15, -0.1) is 0 Å². The van der Waals surface area contributed by atoms with Gasteiger partial charge in [0.15, 0.2) is 0 Å². The number of hydrogen-bond acceptors (Lipinski definition) is 3. The summed E-state index contributed by atoms with van der Waals surface area (Å²) in [6, 6.07) is 14.3. The van der Waals surface area contributed by atoms with Gasteiger partial charge in [-0.25, -0.2) is 8.78 Å². The fourth-order valence-corrected chi connectivity index (χ4v) is 3.43. The number of likely N-dealkylation sites (tertiary alicyclic amines) is 1. The summed E-state index contributed by atoms with van der Waals surface area (Å²) in [5, 5.41) is 8.91. The molecule has 1 aliphatic heterocycles. The zero-order valence-corrected chi connectivity index (χ0v) is 16.0. The highest BCUT2D eigenvalue weighted by molar-refractivity contribution is 5.77. The molecule has 1 amide bonds. The third-order valence-electron chi connectivity index (χ3n) is 4.90. The summed E-state index contributed by atoms with van der Waals surface area (Å²) in [5.74, 6) is -0.0299. The van der Waals surface area contributed by atoms with Gasteiger partial charge >= 0.3 is 0 Å². The number of carbonyl (C=O) groups is 1. The zero-order valence-electron chi connectivity index (χ0n) is 16.0. The van der Waals surface area contributed by atoms with Crippen LogP contribution in [-0.2, 0) is 4.79 Å². The van der Waals surface area contributed by atoms with Crippen molar-refractivity contribution >= 4 is 5.91 Å².